The topological polar surface area (TPSA) is 25.2 Å². The highest BCUT2D eigenvalue weighted by Crippen LogP contribution is 2.29. The van der Waals surface area contributed by atoms with Crippen molar-refractivity contribution in [1.82, 2.24) is 5.32 Å². The second-order valence-corrected chi connectivity index (χ2v) is 5.22. The Morgan fingerprint density at radius 3 is 2.32 bits per heavy atom. The molecule has 0 aliphatic carbocycles. The van der Waals surface area contributed by atoms with Crippen LogP contribution in [0.4, 0.5) is 0 Å². The zero-order valence-corrected chi connectivity index (χ0v) is 12.5. The lowest BCUT2D eigenvalue weighted by Gasteiger charge is -2.20. The van der Waals surface area contributed by atoms with Gasteiger partial charge in [0.1, 0.15) is 11.5 Å². The zero-order chi connectivity index (χ0) is 14.0. The van der Waals surface area contributed by atoms with E-state index in [2.05, 4.69) is 50.4 Å². The third-order valence-electron chi connectivity index (χ3n) is 3.53. The first-order valence-corrected chi connectivity index (χ1v) is 6.90. The molecule has 2 aromatic rings. The summed E-state index contributed by atoms with van der Waals surface area (Å²) in [7, 11) is 0. The predicted molar refractivity (Wildman–Crippen MR) is 79.6 cm³/mol. The van der Waals surface area contributed by atoms with Crippen LogP contribution in [-0.2, 0) is 0 Å². The molecule has 1 unspecified atom stereocenters. The fraction of sp³-hybridized carbons (Fsp3) is 0.412. The largest absolute Gasteiger partial charge is 0.466 e. The van der Waals surface area contributed by atoms with Crippen molar-refractivity contribution in [3.05, 3.63) is 58.0 Å². The van der Waals surface area contributed by atoms with Crippen molar-refractivity contribution in [2.24, 2.45) is 0 Å². The maximum absolute atomic E-state index is 5.69. The van der Waals surface area contributed by atoms with Gasteiger partial charge in [0.05, 0.1) is 6.04 Å². The number of furan rings is 1. The fourth-order valence-electron chi connectivity index (χ4n) is 2.68. The van der Waals surface area contributed by atoms with Crippen molar-refractivity contribution in [2.45, 2.75) is 40.7 Å². The van der Waals surface area contributed by atoms with Crippen LogP contribution in [0.2, 0.25) is 0 Å². The Bertz CT molecular complexity index is 569. The molecule has 2 nitrogen and oxygen atoms in total. The van der Waals surface area contributed by atoms with Gasteiger partial charge < -0.3 is 9.73 Å². The lowest BCUT2D eigenvalue weighted by atomic mass is 9.94. The van der Waals surface area contributed by atoms with E-state index in [1.54, 1.807) is 0 Å². The normalized spacial score (nSPS) is 12.7. The summed E-state index contributed by atoms with van der Waals surface area (Å²) in [5.74, 6) is 1.98. The van der Waals surface area contributed by atoms with Gasteiger partial charge in [-0.2, -0.15) is 0 Å². The summed E-state index contributed by atoms with van der Waals surface area (Å²) in [5, 5.41) is 3.57. The van der Waals surface area contributed by atoms with Crippen LogP contribution in [0.1, 0.15) is 46.7 Å². The van der Waals surface area contributed by atoms with E-state index in [0.717, 1.165) is 18.1 Å². The molecule has 0 amide bonds. The number of hydrogen-bond donors (Lipinski definition) is 1. The Labute approximate surface area is 115 Å². The highest BCUT2D eigenvalue weighted by atomic mass is 16.3. The van der Waals surface area contributed by atoms with Crippen LogP contribution in [0.25, 0.3) is 0 Å². The molecule has 0 radical (unpaired) electrons. The first kappa shape index (κ1) is 13.9. The smallest absolute Gasteiger partial charge is 0.106 e. The molecule has 0 aliphatic rings. The zero-order valence-electron chi connectivity index (χ0n) is 12.5. The molecule has 0 spiro atoms. The van der Waals surface area contributed by atoms with Crippen molar-refractivity contribution in [3.63, 3.8) is 0 Å². The van der Waals surface area contributed by atoms with E-state index in [-0.39, 0.29) is 6.04 Å². The molecule has 1 atom stereocenters. The van der Waals surface area contributed by atoms with Crippen molar-refractivity contribution in [3.8, 4) is 0 Å². The minimum atomic E-state index is 0.211. The molecule has 0 fully saturated rings. The van der Waals surface area contributed by atoms with Crippen LogP contribution in [-0.4, -0.2) is 6.54 Å². The maximum atomic E-state index is 5.69. The average Bonchev–Trinajstić information content (AvgIpc) is 2.66. The summed E-state index contributed by atoms with van der Waals surface area (Å²) in [6.45, 7) is 11.4. The van der Waals surface area contributed by atoms with Gasteiger partial charge in [-0.3, -0.25) is 0 Å². The van der Waals surface area contributed by atoms with Crippen LogP contribution >= 0.6 is 0 Å². The van der Waals surface area contributed by atoms with Gasteiger partial charge in [-0.15, -0.1) is 0 Å². The molecule has 2 heteroatoms. The van der Waals surface area contributed by atoms with Gasteiger partial charge in [0, 0.05) is 5.56 Å². The second-order valence-electron chi connectivity index (χ2n) is 5.22. The summed E-state index contributed by atoms with van der Waals surface area (Å²) in [6.07, 6.45) is 0. The van der Waals surface area contributed by atoms with Gasteiger partial charge in [-0.1, -0.05) is 30.7 Å². The van der Waals surface area contributed by atoms with Gasteiger partial charge in [0.2, 0.25) is 0 Å². The molecule has 0 bridgehead atoms. The Hall–Kier alpha value is -1.54. The monoisotopic (exact) mass is 257 g/mol. The number of rotatable bonds is 4. The molecule has 2 rings (SSSR count). The van der Waals surface area contributed by atoms with E-state index in [0.29, 0.717) is 0 Å². The number of nitrogens with one attached hydrogen (secondary N) is 1. The number of aryl methyl sites for hydroxylation is 4. The molecule has 102 valence electrons. The molecular weight excluding hydrogens is 234 g/mol. The van der Waals surface area contributed by atoms with E-state index in [1.165, 1.54) is 22.3 Å². The summed E-state index contributed by atoms with van der Waals surface area (Å²) in [5.41, 5.74) is 5.20. The highest BCUT2D eigenvalue weighted by Gasteiger charge is 2.19. The van der Waals surface area contributed by atoms with E-state index in [9.17, 15) is 0 Å². The third-order valence-corrected chi connectivity index (χ3v) is 3.53. The van der Waals surface area contributed by atoms with Crippen LogP contribution in [0.15, 0.2) is 28.7 Å². The van der Waals surface area contributed by atoms with Gasteiger partial charge in [0.15, 0.2) is 0 Å². The van der Waals surface area contributed by atoms with Gasteiger partial charge in [-0.05, 0) is 51.4 Å². The quantitative estimate of drug-likeness (QED) is 0.887. The van der Waals surface area contributed by atoms with E-state index in [4.69, 9.17) is 4.42 Å². The Kier molecular flexibility index (Phi) is 4.11. The summed E-state index contributed by atoms with van der Waals surface area (Å²) in [6, 6.07) is 8.99. The van der Waals surface area contributed by atoms with Crippen molar-refractivity contribution in [2.75, 3.05) is 6.54 Å². The van der Waals surface area contributed by atoms with Crippen molar-refractivity contribution in [1.29, 1.82) is 0 Å². The minimum Gasteiger partial charge on any atom is -0.466 e. The number of benzene rings is 1. The lowest BCUT2D eigenvalue weighted by molar-refractivity contribution is 0.495. The molecular formula is C17H23NO. The van der Waals surface area contributed by atoms with Gasteiger partial charge in [-0.25, -0.2) is 0 Å². The Morgan fingerprint density at radius 2 is 1.79 bits per heavy atom. The van der Waals surface area contributed by atoms with Crippen molar-refractivity contribution < 1.29 is 4.42 Å². The first-order valence-electron chi connectivity index (χ1n) is 6.90. The van der Waals surface area contributed by atoms with E-state index < -0.39 is 0 Å². The molecule has 1 N–H and O–H groups in total. The van der Waals surface area contributed by atoms with Crippen LogP contribution in [0, 0.1) is 27.7 Å². The fourth-order valence-corrected chi connectivity index (χ4v) is 2.68. The summed E-state index contributed by atoms with van der Waals surface area (Å²) >= 11 is 0. The van der Waals surface area contributed by atoms with Gasteiger partial charge in [0.25, 0.3) is 0 Å². The molecule has 1 aromatic carbocycles. The predicted octanol–water partition coefficient (Wildman–Crippen LogP) is 4.21. The molecule has 1 aromatic heterocycles. The van der Waals surface area contributed by atoms with E-state index >= 15 is 0 Å². The summed E-state index contributed by atoms with van der Waals surface area (Å²) in [4.78, 5) is 0. The first-order chi connectivity index (χ1) is 9.02. The molecule has 0 aliphatic heterocycles. The van der Waals surface area contributed by atoms with Crippen LogP contribution in [0.3, 0.4) is 0 Å². The Morgan fingerprint density at radius 1 is 1.05 bits per heavy atom. The molecule has 0 saturated heterocycles. The number of hydrogen-bond acceptors (Lipinski definition) is 2. The summed E-state index contributed by atoms with van der Waals surface area (Å²) < 4.78 is 5.69. The molecule has 1 heterocycles. The SMILES string of the molecule is CCNC(c1ccc(C)cc1C)c1cc(C)oc1C. The van der Waals surface area contributed by atoms with Crippen LogP contribution < -0.4 is 5.32 Å². The van der Waals surface area contributed by atoms with Crippen LogP contribution in [0.5, 0.6) is 0 Å². The lowest BCUT2D eigenvalue weighted by Crippen LogP contribution is -2.23. The van der Waals surface area contributed by atoms with E-state index in [1.807, 2.05) is 13.8 Å². The third kappa shape index (κ3) is 2.90. The second kappa shape index (κ2) is 5.62. The molecule has 0 saturated carbocycles. The highest BCUT2D eigenvalue weighted by molar-refractivity contribution is 5.40. The molecule has 19 heavy (non-hydrogen) atoms. The average molecular weight is 257 g/mol. The van der Waals surface area contributed by atoms with Gasteiger partial charge >= 0.3 is 0 Å². The maximum Gasteiger partial charge on any atom is 0.106 e. The Balaban J connectivity index is 2.48. The standard InChI is InChI=1S/C17H23NO/c1-6-18-17(16-10-13(4)19-14(16)5)15-8-7-11(2)9-12(15)3/h7-10,17-18H,6H2,1-5H3. The minimum absolute atomic E-state index is 0.211. The van der Waals surface area contributed by atoms with Crippen molar-refractivity contribution >= 4 is 0 Å².